The predicted molar refractivity (Wildman–Crippen MR) is 60.2 cm³/mol. The lowest BCUT2D eigenvalue weighted by atomic mass is 9.95. The molecule has 14 heavy (non-hydrogen) atoms. The zero-order valence-electron chi connectivity index (χ0n) is 8.96. The first-order valence-corrected chi connectivity index (χ1v) is 5.14. The second-order valence-corrected chi connectivity index (χ2v) is 3.51. The SMILES string of the molecule is CCC(CCNC)c1ccc(N)nc1. The maximum absolute atomic E-state index is 5.54. The van der Waals surface area contributed by atoms with Gasteiger partial charge in [0.1, 0.15) is 5.82 Å². The van der Waals surface area contributed by atoms with Crippen molar-refractivity contribution in [2.24, 2.45) is 0 Å². The first kappa shape index (κ1) is 11.0. The lowest BCUT2D eigenvalue weighted by Gasteiger charge is -2.14. The van der Waals surface area contributed by atoms with Gasteiger partial charge in [-0.1, -0.05) is 13.0 Å². The molecule has 1 unspecified atom stereocenters. The zero-order valence-corrected chi connectivity index (χ0v) is 8.96. The van der Waals surface area contributed by atoms with E-state index in [1.807, 2.05) is 19.3 Å². The van der Waals surface area contributed by atoms with Gasteiger partial charge < -0.3 is 11.1 Å². The molecule has 1 rings (SSSR count). The van der Waals surface area contributed by atoms with Crippen molar-refractivity contribution in [2.45, 2.75) is 25.7 Å². The summed E-state index contributed by atoms with van der Waals surface area (Å²) in [5, 5.41) is 3.17. The smallest absolute Gasteiger partial charge is 0.123 e. The molecule has 0 aromatic carbocycles. The molecule has 1 aromatic heterocycles. The molecule has 0 aliphatic carbocycles. The fourth-order valence-corrected chi connectivity index (χ4v) is 1.58. The van der Waals surface area contributed by atoms with Crippen molar-refractivity contribution in [3.63, 3.8) is 0 Å². The summed E-state index contributed by atoms with van der Waals surface area (Å²) in [5.41, 5.74) is 6.83. The summed E-state index contributed by atoms with van der Waals surface area (Å²) in [6, 6.07) is 3.95. The molecular weight excluding hydrogens is 174 g/mol. The number of rotatable bonds is 5. The Kier molecular flexibility index (Phi) is 4.40. The van der Waals surface area contributed by atoms with Crippen LogP contribution in [0.3, 0.4) is 0 Å². The van der Waals surface area contributed by atoms with Crippen molar-refractivity contribution in [3.05, 3.63) is 23.9 Å². The highest BCUT2D eigenvalue weighted by atomic mass is 14.8. The predicted octanol–water partition coefficient (Wildman–Crippen LogP) is 1.77. The summed E-state index contributed by atoms with van der Waals surface area (Å²) in [6.45, 7) is 3.25. The van der Waals surface area contributed by atoms with E-state index in [4.69, 9.17) is 5.73 Å². The quantitative estimate of drug-likeness (QED) is 0.749. The van der Waals surface area contributed by atoms with Gasteiger partial charge in [-0.3, -0.25) is 0 Å². The van der Waals surface area contributed by atoms with Crippen LogP contribution in [0, 0.1) is 0 Å². The Morgan fingerprint density at radius 2 is 2.29 bits per heavy atom. The Morgan fingerprint density at radius 1 is 1.50 bits per heavy atom. The van der Waals surface area contributed by atoms with Crippen molar-refractivity contribution in [2.75, 3.05) is 19.3 Å². The third-order valence-electron chi connectivity index (χ3n) is 2.52. The molecule has 0 aliphatic rings. The van der Waals surface area contributed by atoms with Crippen LogP contribution < -0.4 is 11.1 Å². The Bertz CT molecular complexity index is 256. The van der Waals surface area contributed by atoms with Gasteiger partial charge in [0, 0.05) is 6.20 Å². The zero-order chi connectivity index (χ0) is 10.4. The van der Waals surface area contributed by atoms with E-state index in [-0.39, 0.29) is 0 Å². The highest BCUT2D eigenvalue weighted by molar-refractivity contribution is 5.30. The molecule has 3 N–H and O–H groups in total. The Balaban J connectivity index is 2.64. The van der Waals surface area contributed by atoms with Gasteiger partial charge in [0.2, 0.25) is 0 Å². The number of nitrogens with two attached hydrogens (primary N) is 1. The van der Waals surface area contributed by atoms with Crippen LogP contribution in [0.2, 0.25) is 0 Å². The molecule has 0 amide bonds. The van der Waals surface area contributed by atoms with E-state index in [0.717, 1.165) is 19.4 Å². The van der Waals surface area contributed by atoms with Crippen LogP contribution >= 0.6 is 0 Å². The average Bonchev–Trinajstić information content (AvgIpc) is 2.21. The number of anilines is 1. The standard InChI is InChI=1S/C11H19N3/c1-3-9(6-7-13-2)10-4-5-11(12)14-8-10/h4-5,8-9,13H,3,6-7H2,1-2H3,(H2,12,14). The lowest BCUT2D eigenvalue weighted by Crippen LogP contribution is -2.12. The van der Waals surface area contributed by atoms with E-state index >= 15 is 0 Å². The van der Waals surface area contributed by atoms with E-state index in [1.165, 1.54) is 5.56 Å². The minimum absolute atomic E-state index is 0.593. The van der Waals surface area contributed by atoms with Gasteiger partial charge in [0.15, 0.2) is 0 Å². The molecule has 3 nitrogen and oxygen atoms in total. The molecular formula is C11H19N3. The van der Waals surface area contributed by atoms with Gasteiger partial charge >= 0.3 is 0 Å². The normalized spacial score (nSPS) is 12.7. The third kappa shape index (κ3) is 3.00. The summed E-state index contributed by atoms with van der Waals surface area (Å²) in [4.78, 5) is 4.11. The Hall–Kier alpha value is -1.09. The van der Waals surface area contributed by atoms with Crippen LogP contribution in [-0.4, -0.2) is 18.6 Å². The minimum atomic E-state index is 0.593. The van der Waals surface area contributed by atoms with Crippen LogP contribution in [0.1, 0.15) is 31.2 Å². The van der Waals surface area contributed by atoms with Gasteiger partial charge in [-0.15, -0.1) is 0 Å². The number of nitrogen functional groups attached to an aromatic ring is 1. The minimum Gasteiger partial charge on any atom is -0.384 e. The topological polar surface area (TPSA) is 50.9 Å². The van der Waals surface area contributed by atoms with Crippen LogP contribution in [0.4, 0.5) is 5.82 Å². The van der Waals surface area contributed by atoms with Gasteiger partial charge in [0.25, 0.3) is 0 Å². The highest BCUT2D eigenvalue weighted by Crippen LogP contribution is 2.22. The van der Waals surface area contributed by atoms with Gasteiger partial charge in [0.05, 0.1) is 0 Å². The number of hydrogen-bond donors (Lipinski definition) is 2. The first-order chi connectivity index (χ1) is 6.77. The summed E-state index contributed by atoms with van der Waals surface area (Å²) < 4.78 is 0. The van der Waals surface area contributed by atoms with Crippen LogP contribution in [0.5, 0.6) is 0 Å². The molecule has 1 aromatic rings. The molecule has 3 heteroatoms. The molecule has 0 aliphatic heterocycles. The van der Waals surface area contributed by atoms with E-state index < -0.39 is 0 Å². The molecule has 0 bridgehead atoms. The van der Waals surface area contributed by atoms with E-state index in [2.05, 4.69) is 23.3 Å². The molecule has 0 fully saturated rings. The largest absolute Gasteiger partial charge is 0.384 e. The van der Waals surface area contributed by atoms with Crippen LogP contribution in [-0.2, 0) is 0 Å². The van der Waals surface area contributed by atoms with Crippen molar-refractivity contribution in [3.8, 4) is 0 Å². The summed E-state index contributed by atoms with van der Waals surface area (Å²) in [7, 11) is 1.98. The number of aromatic nitrogens is 1. The lowest BCUT2D eigenvalue weighted by molar-refractivity contribution is 0.580. The van der Waals surface area contributed by atoms with Crippen molar-refractivity contribution >= 4 is 5.82 Å². The highest BCUT2D eigenvalue weighted by Gasteiger charge is 2.08. The molecule has 0 saturated carbocycles. The second-order valence-electron chi connectivity index (χ2n) is 3.51. The summed E-state index contributed by atoms with van der Waals surface area (Å²) in [6.07, 6.45) is 4.19. The average molecular weight is 193 g/mol. The fourth-order valence-electron chi connectivity index (χ4n) is 1.58. The number of nitrogens with one attached hydrogen (secondary N) is 1. The van der Waals surface area contributed by atoms with Gasteiger partial charge in [-0.25, -0.2) is 4.98 Å². The molecule has 1 atom stereocenters. The maximum Gasteiger partial charge on any atom is 0.123 e. The molecule has 0 radical (unpaired) electrons. The molecule has 78 valence electrons. The van der Waals surface area contributed by atoms with Crippen molar-refractivity contribution in [1.82, 2.24) is 10.3 Å². The van der Waals surface area contributed by atoms with Crippen molar-refractivity contribution in [1.29, 1.82) is 0 Å². The monoisotopic (exact) mass is 193 g/mol. The van der Waals surface area contributed by atoms with Gasteiger partial charge in [-0.2, -0.15) is 0 Å². The van der Waals surface area contributed by atoms with E-state index in [0.29, 0.717) is 11.7 Å². The fraction of sp³-hybridized carbons (Fsp3) is 0.545. The van der Waals surface area contributed by atoms with Crippen LogP contribution in [0.25, 0.3) is 0 Å². The number of hydrogen-bond acceptors (Lipinski definition) is 3. The number of pyridine rings is 1. The second kappa shape index (κ2) is 5.60. The van der Waals surface area contributed by atoms with Crippen molar-refractivity contribution < 1.29 is 0 Å². The summed E-state index contributed by atoms with van der Waals surface area (Å²) in [5.74, 6) is 1.19. The first-order valence-electron chi connectivity index (χ1n) is 5.14. The maximum atomic E-state index is 5.54. The summed E-state index contributed by atoms with van der Waals surface area (Å²) >= 11 is 0. The van der Waals surface area contributed by atoms with E-state index in [1.54, 1.807) is 0 Å². The third-order valence-corrected chi connectivity index (χ3v) is 2.52. The number of nitrogens with zero attached hydrogens (tertiary/aromatic N) is 1. The molecule has 0 saturated heterocycles. The molecule has 0 spiro atoms. The van der Waals surface area contributed by atoms with E-state index in [9.17, 15) is 0 Å². The Morgan fingerprint density at radius 3 is 2.79 bits per heavy atom. The van der Waals surface area contributed by atoms with Gasteiger partial charge in [-0.05, 0) is 44.0 Å². The molecule has 1 heterocycles. The van der Waals surface area contributed by atoms with Crippen LogP contribution in [0.15, 0.2) is 18.3 Å². The Labute approximate surface area is 85.7 Å².